The number of imidazole rings is 1. The summed E-state index contributed by atoms with van der Waals surface area (Å²) in [6.07, 6.45) is 4.23. The number of fused-ring (bicyclic) bond motifs is 2. The van der Waals surface area contributed by atoms with E-state index in [1.807, 2.05) is 18.2 Å². The molecule has 0 spiro atoms. The third-order valence-corrected chi connectivity index (χ3v) is 4.76. The topological polar surface area (TPSA) is 32.6 Å². The van der Waals surface area contributed by atoms with E-state index in [0.717, 1.165) is 29.0 Å². The zero-order valence-corrected chi connectivity index (χ0v) is 14.3. The number of aromatic amines is 1. The number of rotatable bonds is 3. The lowest BCUT2D eigenvalue weighted by Crippen LogP contribution is -2.33. The zero-order valence-electron chi connectivity index (χ0n) is 14.3. The molecule has 3 aromatic carbocycles. The number of H-pyrrole nitrogens is 1. The van der Waals surface area contributed by atoms with Crippen LogP contribution in [0.3, 0.4) is 0 Å². The molecule has 0 aliphatic rings. The van der Waals surface area contributed by atoms with Gasteiger partial charge in [-0.15, -0.1) is 0 Å². The van der Waals surface area contributed by atoms with Gasteiger partial charge in [-0.2, -0.15) is 4.57 Å². The van der Waals surface area contributed by atoms with Crippen molar-refractivity contribution >= 4 is 21.8 Å². The number of pyridine rings is 1. The Kier molecular flexibility index (Phi) is 3.49. The van der Waals surface area contributed by atoms with E-state index in [1.165, 1.54) is 16.3 Å². The second-order valence-electron chi connectivity index (χ2n) is 6.51. The van der Waals surface area contributed by atoms with Crippen molar-refractivity contribution in [2.24, 2.45) is 0 Å². The molecule has 0 atom stereocenters. The number of nitrogens with one attached hydrogen (secondary N) is 1. The second-order valence-corrected chi connectivity index (χ2v) is 6.51. The molecule has 0 amide bonds. The summed E-state index contributed by atoms with van der Waals surface area (Å²) in [6, 6.07) is 27.3. The fraction of sp³-hybridized carbons (Fsp3) is 0.0435. The van der Waals surface area contributed by atoms with Gasteiger partial charge in [0.25, 0.3) is 0 Å². The third-order valence-electron chi connectivity index (χ3n) is 4.76. The summed E-state index contributed by atoms with van der Waals surface area (Å²) < 4.78 is 2.21. The molecule has 0 aliphatic heterocycles. The van der Waals surface area contributed by atoms with Crippen LogP contribution >= 0.6 is 0 Å². The lowest BCUT2D eigenvalue weighted by atomic mass is 10.0. The van der Waals surface area contributed by atoms with Crippen molar-refractivity contribution < 1.29 is 4.57 Å². The lowest BCUT2D eigenvalue weighted by Gasteiger charge is -2.03. The molecule has 124 valence electrons. The quantitative estimate of drug-likeness (QED) is 0.475. The first-order valence-corrected chi connectivity index (χ1v) is 8.78. The second kappa shape index (κ2) is 6.12. The maximum Gasteiger partial charge on any atom is 0.195 e. The molecule has 0 bridgehead atoms. The molecule has 3 heteroatoms. The Morgan fingerprint density at radius 3 is 2.54 bits per heavy atom. The highest BCUT2D eigenvalue weighted by Crippen LogP contribution is 2.20. The van der Waals surface area contributed by atoms with Gasteiger partial charge in [-0.05, 0) is 10.8 Å². The molecule has 5 rings (SSSR count). The minimum absolute atomic E-state index is 0.830. The molecular weight excluding hydrogens is 318 g/mol. The molecule has 0 saturated heterocycles. The Morgan fingerprint density at radius 2 is 1.62 bits per heavy atom. The monoisotopic (exact) mass is 336 g/mol. The van der Waals surface area contributed by atoms with Crippen LogP contribution in [0.15, 0.2) is 91.3 Å². The van der Waals surface area contributed by atoms with Crippen LogP contribution in [0.4, 0.5) is 0 Å². The van der Waals surface area contributed by atoms with Gasteiger partial charge in [0.1, 0.15) is 16.9 Å². The fourth-order valence-corrected chi connectivity index (χ4v) is 3.46. The van der Waals surface area contributed by atoms with Crippen molar-refractivity contribution in [3.05, 3.63) is 96.8 Å². The SMILES string of the molecule is c1ccc(-c2nc3cc[n+](Cc4cccc5ccccc45)cc3[nH]2)cc1. The average molecular weight is 336 g/mol. The number of aromatic nitrogens is 3. The molecule has 26 heavy (non-hydrogen) atoms. The Hall–Kier alpha value is -3.46. The van der Waals surface area contributed by atoms with Gasteiger partial charge in [-0.3, -0.25) is 0 Å². The minimum atomic E-state index is 0.830. The van der Waals surface area contributed by atoms with Crippen molar-refractivity contribution in [2.45, 2.75) is 6.54 Å². The summed E-state index contributed by atoms with van der Waals surface area (Å²) >= 11 is 0. The number of benzene rings is 3. The third kappa shape index (κ3) is 2.64. The van der Waals surface area contributed by atoms with E-state index < -0.39 is 0 Å². The van der Waals surface area contributed by atoms with Crippen LogP contribution in [0.2, 0.25) is 0 Å². The molecule has 2 aromatic heterocycles. The summed E-state index contributed by atoms with van der Waals surface area (Å²) in [5.41, 5.74) is 4.45. The van der Waals surface area contributed by atoms with Crippen LogP contribution in [0.1, 0.15) is 5.56 Å². The predicted molar refractivity (Wildman–Crippen MR) is 105 cm³/mol. The summed E-state index contributed by atoms with van der Waals surface area (Å²) in [5, 5.41) is 2.58. The van der Waals surface area contributed by atoms with Crippen LogP contribution in [0, 0.1) is 0 Å². The van der Waals surface area contributed by atoms with Gasteiger partial charge in [-0.25, -0.2) is 4.98 Å². The largest absolute Gasteiger partial charge is 0.333 e. The Labute approximate surface area is 151 Å². The number of hydrogen-bond acceptors (Lipinski definition) is 1. The van der Waals surface area contributed by atoms with Crippen molar-refractivity contribution in [2.75, 3.05) is 0 Å². The number of nitrogens with zero attached hydrogens (tertiary/aromatic N) is 2. The zero-order chi connectivity index (χ0) is 17.3. The highest BCUT2D eigenvalue weighted by molar-refractivity contribution is 5.85. The highest BCUT2D eigenvalue weighted by atomic mass is 15.0. The summed E-state index contributed by atoms with van der Waals surface area (Å²) in [6.45, 7) is 0.830. The molecule has 0 fully saturated rings. The molecule has 0 unspecified atom stereocenters. The summed E-state index contributed by atoms with van der Waals surface area (Å²) in [7, 11) is 0. The summed E-state index contributed by atoms with van der Waals surface area (Å²) in [4.78, 5) is 8.16. The first-order chi connectivity index (χ1) is 12.9. The Balaban J connectivity index is 1.53. The molecule has 0 saturated carbocycles. The molecule has 0 radical (unpaired) electrons. The molecule has 3 nitrogen and oxygen atoms in total. The van der Waals surface area contributed by atoms with Gasteiger partial charge in [0, 0.05) is 17.2 Å². The lowest BCUT2D eigenvalue weighted by molar-refractivity contribution is -0.686. The Bertz CT molecular complexity index is 1200. The van der Waals surface area contributed by atoms with Gasteiger partial charge < -0.3 is 4.98 Å². The van der Waals surface area contributed by atoms with Gasteiger partial charge in [0.15, 0.2) is 18.9 Å². The maximum absolute atomic E-state index is 4.71. The van der Waals surface area contributed by atoms with E-state index in [4.69, 9.17) is 4.98 Å². The number of hydrogen-bond donors (Lipinski definition) is 1. The van der Waals surface area contributed by atoms with E-state index in [2.05, 4.69) is 82.6 Å². The molecule has 0 aliphatic carbocycles. The highest BCUT2D eigenvalue weighted by Gasteiger charge is 2.11. The fourth-order valence-electron chi connectivity index (χ4n) is 3.46. The van der Waals surface area contributed by atoms with Crippen molar-refractivity contribution in [1.29, 1.82) is 0 Å². The van der Waals surface area contributed by atoms with Gasteiger partial charge >= 0.3 is 0 Å². The minimum Gasteiger partial charge on any atom is -0.333 e. The van der Waals surface area contributed by atoms with Crippen molar-refractivity contribution in [3.63, 3.8) is 0 Å². The van der Waals surface area contributed by atoms with Crippen molar-refractivity contribution in [1.82, 2.24) is 9.97 Å². The van der Waals surface area contributed by atoms with E-state index in [1.54, 1.807) is 0 Å². The first-order valence-electron chi connectivity index (χ1n) is 8.78. The first kappa shape index (κ1) is 14.8. The van der Waals surface area contributed by atoms with Crippen molar-refractivity contribution in [3.8, 4) is 11.4 Å². The smallest absolute Gasteiger partial charge is 0.195 e. The standard InChI is InChI=1S/C23H17N3/c1-2-8-18(9-3-1)23-24-21-13-14-26(16-22(21)25-23)15-19-11-6-10-17-7-4-5-12-20(17)19/h1-14,16H,15H2/p+1. The maximum atomic E-state index is 4.71. The molecule has 1 N–H and O–H groups in total. The van der Waals surface area contributed by atoms with Crippen LogP contribution < -0.4 is 4.57 Å². The predicted octanol–water partition coefficient (Wildman–Crippen LogP) is 4.72. The van der Waals surface area contributed by atoms with E-state index in [0.29, 0.717) is 0 Å². The molecule has 5 aromatic rings. The van der Waals surface area contributed by atoms with Crippen LogP contribution in [0.25, 0.3) is 33.2 Å². The van der Waals surface area contributed by atoms with E-state index >= 15 is 0 Å². The van der Waals surface area contributed by atoms with Gasteiger partial charge in [0.2, 0.25) is 0 Å². The molecule has 2 heterocycles. The van der Waals surface area contributed by atoms with Crippen LogP contribution in [0.5, 0.6) is 0 Å². The molecular formula is C23H18N3+. The normalized spacial score (nSPS) is 11.2. The van der Waals surface area contributed by atoms with E-state index in [9.17, 15) is 0 Å². The van der Waals surface area contributed by atoms with Gasteiger partial charge in [-0.1, -0.05) is 72.8 Å². The van der Waals surface area contributed by atoms with Crippen LogP contribution in [-0.4, -0.2) is 9.97 Å². The summed E-state index contributed by atoms with van der Waals surface area (Å²) in [5.74, 6) is 0.906. The van der Waals surface area contributed by atoms with Gasteiger partial charge in [0.05, 0.1) is 0 Å². The van der Waals surface area contributed by atoms with Crippen LogP contribution in [-0.2, 0) is 6.54 Å². The van der Waals surface area contributed by atoms with E-state index in [-0.39, 0.29) is 0 Å². The average Bonchev–Trinajstić information content (AvgIpc) is 3.12. The Morgan fingerprint density at radius 1 is 0.808 bits per heavy atom.